The first-order valence-corrected chi connectivity index (χ1v) is 7.45. The smallest absolute Gasteiger partial charge is 0.244 e. The molecule has 22 heavy (non-hydrogen) atoms. The zero-order valence-electron chi connectivity index (χ0n) is 12.3. The molecule has 0 saturated heterocycles. The Morgan fingerprint density at radius 2 is 1.77 bits per heavy atom. The number of rotatable bonds is 5. The van der Waals surface area contributed by atoms with Crippen LogP contribution < -0.4 is 5.32 Å². The summed E-state index contributed by atoms with van der Waals surface area (Å²) in [7, 11) is 0. The Bertz CT molecular complexity index is 672. The molecule has 1 N–H and O–H groups in total. The van der Waals surface area contributed by atoms with Crippen molar-refractivity contribution >= 4 is 12.0 Å². The van der Waals surface area contributed by atoms with Crippen LogP contribution >= 0.6 is 0 Å². The highest BCUT2D eigenvalue weighted by atomic mass is 19.1. The van der Waals surface area contributed by atoms with E-state index in [0.29, 0.717) is 6.54 Å². The lowest BCUT2D eigenvalue weighted by Crippen LogP contribution is -2.31. The van der Waals surface area contributed by atoms with Crippen LogP contribution in [0.25, 0.3) is 6.08 Å². The van der Waals surface area contributed by atoms with Crippen LogP contribution in [-0.4, -0.2) is 12.5 Å². The monoisotopic (exact) mass is 295 g/mol. The molecule has 3 rings (SSSR count). The molecule has 1 aliphatic carbocycles. The van der Waals surface area contributed by atoms with Crippen LogP contribution in [0.5, 0.6) is 0 Å². The highest BCUT2D eigenvalue weighted by Gasteiger charge is 2.44. The summed E-state index contributed by atoms with van der Waals surface area (Å²) in [6.45, 7) is 0.594. The Hall–Kier alpha value is -2.42. The number of carbonyl (C=O) groups is 1. The zero-order valence-corrected chi connectivity index (χ0v) is 12.3. The van der Waals surface area contributed by atoms with Gasteiger partial charge in [-0.1, -0.05) is 42.5 Å². The lowest BCUT2D eigenvalue weighted by atomic mass is 9.96. The summed E-state index contributed by atoms with van der Waals surface area (Å²) in [5.74, 6) is -0.327. The minimum Gasteiger partial charge on any atom is -0.352 e. The number of hydrogen-bond acceptors (Lipinski definition) is 1. The lowest BCUT2D eigenvalue weighted by molar-refractivity contribution is -0.116. The first-order chi connectivity index (χ1) is 10.7. The summed E-state index contributed by atoms with van der Waals surface area (Å²) in [4.78, 5) is 11.9. The summed E-state index contributed by atoms with van der Waals surface area (Å²) in [6.07, 6.45) is 5.41. The van der Waals surface area contributed by atoms with Crippen molar-refractivity contribution in [2.24, 2.45) is 0 Å². The van der Waals surface area contributed by atoms with Gasteiger partial charge in [-0.3, -0.25) is 4.79 Å². The highest BCUT2D eigenvalue weighted by Crippen LogP contribution is 2.47. The molecule has 0 atom stereocenters. The largest absolute Gasteiger partial charge is 0.352 e. The van der Waals surface area contributed by atoms with E-state index in [0.717, 1.165) is 24.0 Å². The molecule has 0 spiro atoms. The third kappa shape index (κ3) is 3.42. The summed E-state index contributed by atoms with van der Waals surface area (Å²) in [5.41, 5.74) is 2.09. The maximum Gasteiger partial charge on any atom is 0.244 e. The molecule has 0 unspecified atom stereocenters. The van der Waals surface area contributed by atoms with Crippen LogP contribution in [0.4, 0.5) is 4.39 Å². The number of nitrogens with one attached hydrogen (secondary N) is 1. The van der Waals surface area contributed by atoms with Gasteiger partial charge in [-0.15, -0.1) is 0 Å². The van der Waals surface area contributed by atoms with Gasteiger partial charge in [0.2, 0.25) is 5.91 Å². The van der Waals surface area contributed by atoms with Crippen molar-refractivity contribution in [3.05, 3.63) is 77.6 Å². The zero-order chi connectivity index (χ0) is 15.4. The van der Waals surface area contributed by atoms with Crippen molar-refractivity contribution < 1.29 is 9.18 Å². The Morgan fingerprint density at radius 3 is 2.41 bits per heavy atom. The average Bonchev–Trinajstić information content (AvgIpc) is 3.34. The molecular weight excluding hydrogens is 277 g/mol. The molecule has 2 nitrogen and oxygen atoms in total. The van der Waals surface area contributed by atoms with Crippen molar-refractivity contribution in [1.82, 2.24) is 5.32 Å². The van der Waals surface area contributed by atoms with Gasteiger partial charge in [0.25, 0.3) is 0 Å². The molecule has 0 radical (unpaired) electrons. The summed E-state index contributed by atoms with van der Waals surface area (Å²) < 4.78 is 13.0. The van der Waals surface area contributed by atoms with Crippen LogP contribution in [0.1, 0.15) is 24.0 Å². The second-order valence-corrected chi connectivity index (χ2v) is 5.75. The van der Waals surface area contributed by atoms with E-state index in [4.69, 9.17) is 0 Å². The average molecular weight is 295 g/mol. The summed E-state index contributed by atoms with van der Waals surface area (Å²) in [6, 6.07) is 16.3. The fourth-order valence-electron chi connectivity index (χ4n) is 2.57. The molecule has 3 heteroatoms. The summed E-state index contributed by atoms with van der Waals surface area (Å²) >= 11 is 0. The lowest BCUT2D eigenvalue weighted by Gasteiger charge is -2.15. The molecule has 2 aromatic carbocycles. The minimum atomic E-state index is -0.227. The van der Waals surface area contributed by atoms with Gasteiger partial charge >= 0.3 is 0 Å². The third-order valence-electron chi connectivity index (χ3n) is 4.14. The van der Waals surface area contributed by atoms with Crippen LogP contribution in [0.2, 0.25) is 0 Å². The van der Waals surface area contributed by atoms with E-state index in [2.05, 4.69) is 5.32 Å². The SMILES string of the molecule is O=C(/C=C/c1ccccc1)NCC1(c2ccc(F)cc2)CC1. The molecule has 0 aromatic heterocycles. The van der Waals surface area contributed by atoms with E-state index in [1.54, 1.807) is 12.2 Å². The van der Waals surface area contributed by atoms with Gasteiger partial charge in [-0.2, -0.15) is 0 Å². The molecule has 1 fully saturated rings. The Balaban J connectivity index is 1.57. The number of benzene rings is 2. The number of carbonyl (C=O) groups excluding carboxylic acids is 1. The van der Waals surface area contributed by atoms with E-state index in [9.17, 15) is 9.18 Å². The van der Waals surface area contributed by atoms with Gasteiger partial charge in [0.15, 0.2) is 0 Å². The fraction of sp³-hybridized carbons (Fsp3) is 0.211. The topological polar surface area (TPSA) is 29.1 Å². The van der Waals surface area contributed by atoms with Gasteiger partial charge in [-0.25, -0.2) is 4.39 Å². The number of amides is 1. The Morgan fingerprint density at radius 1 is 1.09 bits per heavy atom. The quantitative estimate of drug-likeness (QED) is 0.838. The van der Waals surface area contributed by atoms with E-state index in [-0.39, 0.29) is 17.1 Å². The maximum absolute atomic E-state index is 13.0. The van der Waals surface area contributed by atoms with Crippen molar-refractivity contribution in [2.45, 2.75) is 18.3 Å². The van der Waals surface area contributed by atoms with E-state index in [1.807, 2.05) is 42.5 Å². The molecule has 112 valence electrons. The standard InChI is InChI=1S/C19H18FNO/c20-17-9-7-16(8-10-17)19(12-13-19)14-21-18(22)11-6-15-4-2-1-3-5-15/h1-11H,12-14H2,(H,21,22)/b11-6+. The van der Waals surface area contributed by atoms with Crippen LogP contribution in [0.3, 0.4) is 0 Å². The van der Waals surface area contributed by atoms with Gasteiger partial charge in [0.05, 0.1) is 0 Å². The van der Waals surface area contributed by atoms with Crippen LogP contribution in [0, 0.1) is 5.82 Å². The molecule has 1 aliphatic rings. The Labute approximate surface area is 129 Å². The van der Waals surface area contributed by atoms with Crippen LogP contribution in [-0.2, 0) is 10.2 Å². The van der Waals surface area contributed by atoms with Gasteiger partial charge < -0.3 is 5.32 Å². The molecule has 1 amide bonds. The molecule has 0 heterocycles. The maximum atomic E-state index is 13.0. The highest BCUT2D eigenvalue weighted by molar-refractivity contribution is 5.91. The van der Waals surface area contributed by atoms with Gasteiger partial charge in [0.1, 0.15) is 5.82 Å². The van der Waals surface area contributed by atoms with Crippen molar-refractivity contribution in [3.63, 3.8) is 0 Å². The van der Waals surface area contributed by atoms with E-state index in [1.165, 1.54) is 12.1 Å². The van der Waals surface area contributed by atoms with E-state index >= 15 is 0 Å². The predicted octanol–water partition coefficient (Wildman–Crippen LogP) is 3.69. The number of halogens is 1. The molecule has 0 bridgehead atoms. The second kappa shape index (κ2) is 6.14. The van der Waals surface area contributed by atoms with Gasteiger partial charge in [0, 0.05) is 18.0 Å². The normalized spacial score (nSPS) is 15.7. The molecular formula is C19H18FNO. The molecule has 2 aromatic rings. The predicted molar refractivity (Wildman–Crippen MR) is 85.8 cm³/mol. The van der Waals surface area contributed by atoms with Crippen molar-refractivity contribution in [2.75, 3.05) is 6.54 Å². The van der Waals surface area contributed by atoms with Crippen LogP contribution in [0.15, 0.2) is 60.7 Å². The van der Waals surface area contributed by atoms with Crippen molar-refractivity contribution in [3.8, 4) is 0 Å². The summed E-state index contributed by atoms with van der Waals surface area (Å²) in [5, 5.41) is 2.95. The fourth-order valence-corrected chi connectivity index (χ4v) is 2.57. The van der Waals surface area contributed by atoms with Gasteiger partial charge in [-0.05, 0) is 42.2 Å². The first kappa shape index (κ1) is 14.5. The van der Waals surface area contributed by atoms with E-state index < -0.39 is 0 Å². The first-order valence-electron chi connectivity index (χ1n) is 7.45. The number of hydrogen-bond donors (Lipinski definition) is 1. The molecule has 1 saturated carbocycles. The third-order valence-corrected chi connectivity index (χ3v) is 4.14. The van der Waals surface area contributed by atoms with Crippen molar-refractivity contribution in [1.29, 1.82) is 0 Å². The second-order valence-electron chi connectivity index (χ2n) is 5.75. The Kier molecular flexibility index (Phi) is 4.05. The molecule has 0 aliphatic heterocycles. The minimum absolute atomic E-state index is 0.00997.